The van der Waals surface area contributed by atoms with Crippen LogP contribution in [0, 0.1) is 6.92 Å². The van der Waals surface area contributed by atoms with Gasteiger partial charge >= 0.3 is 0 Å². The molecule has 13 heavy (non-hydrogen) atoms. The van der Waals surface area contributed by atoms with E-state index in [0.29, 0.717) is 11.1 Å². The van der Waals surface area contributed by atoms with Gasteiger partial charge in [-0.15, -0.1) is 0 Å². The van der Waals surface area contributed by atoms with Crippen LogP contribution in [0.1, 0.15) is 18.1 Å². The van der Waals surface area contributed by atoms with Crippen LogP contribution in [0.3, 0.4) is 0 Å². The summed E-state index contributed by atoms with van der Waals surface area (Å²) in [6.07, 6.45) is 0.201. The Bertz CT molecular complexity index is 342. The molecule has 0 aliphatic rings. The highest BCUT2D eigenvalue weighted by Gasteiger charge is 2.09. The number of Topliss-reactive ketones (excluding diaryl/α,β-unsaturated/α-hetero) is 1. The molecule has 0 bridgehead atoms. The van der Waals surface area contributed by atoms with Gasteiger partial charge in [-0.3, -0.25) is 4.79 Å². The summed E-state index contributed by atoms with van der Waals surface area (Å²) in [5.41, 5.74) is 0.974. The third-order valence-electron chi connectivity index (χ3n) is 1.93. The number of carbonyl (C=O) groups excluding carboxylic acids is 1. The average Bonchev–Trinajstić information content (AvgIpc) is 2.06. The fraction of sp³-hybridized carbons (Fsp3) is 0.300. The molecule has 2 N–H and O–H groups in total. The Labute approximate surface area is 76.6 Å². The zero-order valence-electron chi connectivity index (χ0n) is 7.66. The second-order valence-corrected chi connectivity index (χ2v) is 3.10. The van der Waals surface area contributed by atoms with Gasteiger partial charge in [0.05, 0.1) is 0 Å². The van der Waals surface area contributed by atoms with Gasteiger partial charge in [0, 0.05) is 17.5 Å². The van der Waals surface area contributed by atoms with Gasteiger partial charge in [-0.25, -0.2) is 0 Å². The number of phenolic OH excluding ortho intramolecular Hbond substituents is 2. The molecule has 3 heteroatoms. The molecule has 0 radical (unpaired) electrons. The largest absolute Gasteiger partial charge is 0.508 e. The second-order valence-electron chi connectivity index (χ2n) is 3.10. The predicted octanol–water partition coefficient (Wildman–Crippen LogP) is 1.54. The van der Waals surface area contributed by atoms with Crippen LogP contribution in [0.25, 0.3) is 0 Å². The highest BCUT2D eigenvalue weighted by molar-refractivity contribution is 5.79. The molecule has 0 aromatic heterocycles. The molecular formula is C10H12O3. The first-order valence-electron chi connectivity index (χ1n) is 4.02. The highest BCUT2D eigenvalue weighted by Crippen LogP contribution is 2.29. The molecule has 1 rings (SSSR count). The summed E-state index contributed by atoms with van der Waals surface area (Å²) in [6, 6.07) is 3.03. The fourth-order valence-electron chi connectivity index (χ4n) is 1.16. The van der Waals surface area contributed by atoms with E-state index in [9.17, 15) is 15.0 Å². The number of aromatic hydroxyl groups is 2. The standard InChI is InChI=1S/C10H12O3/c1-6(11)5-8-3-4-9(12)7(2)10(8)13/h3-4,12-13H,5H2,1-2H3. The number of hydrogen-bond donors (Lipinski definition) is 2. The third kappa shape index (κ3) is 1.99. The molecule has 0 saturated heterocycles. The molecule has 1 aromatic rings. The molecule has 0 aliphatic carbocycles. The van der Waals surface area contributed by atoms with E-state index in [1.54, 1.807) is 13.0 Å². The SMILES string of the molecule is CC(=O)Cc1ccc(O)c(C)c1O. The minimum absolute atomic E-state index is 0.00944. The Kier molecular flexibility index (Phi) is 2.56. The van der Waals surface area contributed by atoms with E-state index >= 15 is 0 Å². The molecule has 3 nitrogen and oxygen atoms in total. The van der Waals surface area contributed by atoms with Gasteiger partial charge in [-0.1, -0.05) is 6.07 Å². The van der Waals surface area contributed by atoms with Crippen molar-refractivity contribution in [2.75, 3.05) is 0 Å². The van der Waals surface area contributed by atoms with E-state index in [4.69, 9.17) is 0 Å². The van der Waals surface area contributed by atoms with Crippen LogP contribution >= 0.6 is 0 Å². The molecule has 0 aliphatic heterocycles. The molecule has 0 amide bonds. The van der Waals surface area contributed by atoms with E-state index in [0.717, 1.165) is 0 Å². The summed E-state index contributed by atoms with van der Waals surface area (Å²) in [5.74, 6) is 0.0420. The van der Waals surface area contributed by atoms with Crippen molar-refractivity contribution in [1.82, 2.24) is 0 Å². The van der Waals surface area contributed by atoms with E-state index in [2.05, 4.69) is 0 Å². The first-order chi connectivity index (χ1) is 6.02. The minimum atomic E-state index is -0.0135. The smallest absolute Gasteiger partial charge is 0.134 e. The van der Waals surface area contributed by atoms with E-state index in [1.807, 2.05) is 0 Å². The monoisotopic (exact) mass is 180 g/mol. The molecule has 1 aromatic carbocycles. The second kappa shape index (κ2) is 3.47. The van der Waals surface area contributed by atoms with Crippen molar-refractivity contribution in [3.8, 4) is 11.5 Å². The lowest BCUT2D eigenvalue weighted by Gasteiger charge is -2.06. The number of benzene rings is 1. The van der Waals surface area contributed by atoms with Crippen LogP contribution < -0.4 is 0 Å². The van der Waals surface area contributed by atoms with Crippen molar-refractivity contribution in [3.63, 3.8) is 0 Å². The molecule has 0 fully saturated rings. The molecule has 70 valence electrons. The predicted molar refractivity (Wildman–Crippen MR) is 48.9 cm³/mol. The van der Waals surface area contributed by atoms with E-state index in [-0.39, 0.29) is 23.7 Å². The molecular weight excluding hydrogens is 168 g/mol. The minimum Gasteiger partial charge on any atom is -0.508 e. The van der Waals surface area contributed by atoms with Gasteiger partial charge in [0.1, 0.15) is 17.3 Å². The topological polar surface area (TPSA) is 57.5 Å². The maximum absolute atomic E-state index is 10.8. The summed E-state index contributed by atoms with van der Waals surface area (Å²) in [6.45, 7) is 3.07. The lowest BCUT2D eigenvalue weighted by Crippen LogP contribution is -1.97. The molecule has 0 saturated carbocycles. The summed E-state index contributed by atoms with van der Waals surface area (Å²) in [7, 11) is 0. The Morgan fingerprint density at radius 3 is 2.54 bits per heavy atom. The van der Waals surface area contributed by atoms with Crippen molar-refractivity contribution in [2.24, 2.45) is 0 Å². The summed E-state index contributed by atoms with van der Waals surface area (Å²) in [4.78, 5) is 10.8. The zero-order valence-corrected chi connectivity index (χ0v) is 7.66. The maximum atomic E-state index is 10.8. The van der Waals surface area contributed by atoms with Crippen molar-refractivity contribution in [2.45, 2.75) is 20.3 Å². The van der Waals surface area contributed by atoms with Gasteiger partial charge < -0.3 is 10.2 Å². The normalized spacial score (nSPS) is 10.0. The Balaban J connectivity index is 3.10. The van der Waals surface area contributed by atoms with Crippen LogP contribution in [0.2, 0.25) is 0 Å². The third-order valence-corrected chi connectivity index (χ3v) is 1.93. The van der Waals surface area contributed by atoms with Crippen LogP contribution in [-0.2, 0) is 11.2 Å². The van der Waals surface area contributed by atoms with Crippen LogP contribution in [0.4, 0.5) is 0 Å². The molecule has 0 atom stereocenters. The number of carbonyl (C=O) groups is 1. The molecule has 0 heterocycles. The number of hydrogen-bond acceptors (Lipinski definition) is 3. The number of phenols is 2. The lowest BCUT2D eigenvalue weighted by atomic mass is 10.0. The summed E-state index contributed by atoms with van der Waals surface area (Å²) in [5, 5.41) is 18.7. The summed E-state index contributed by atoms with van der Waals surface area (Å²) < 4.78 is 0. The average molecular weight is 180 g/mol. The highest BCUT2D eigenvalue weighted by atomic mass is 16.3. The quantitative estimate of drug-likeness (QED) is 0.725. The zero-order chi connectivity index (χ0) is 10.0. The van der Waals surface area contributed by atoms with Crippen molar-refractivity contribution in [1.29, 1.82) is 0 Å². The van der Waals surface area contributed by atoms with Crippen LogP contribution in [-0.4, -0.2) is 16.0 Å². The van der Waals surface area contributed by atoms with Crippen molar-refractivity contribution >= 4 is 5.78 Å². The van der Waals surface area contributed by atoms with Gasteiger partial charge in [-0.2, -0.15) is 0 Å². The lowest BCUT2D eigenvalue weighted by molar-refractivity contribution is -0.116. The fourth-order valence-corrected chi connectivity index (χ4v) is 1.16. The van der Waals surface area contributed by atoms with Gasteiger partial charge in [0.25, 0.3) is 0 Å². The van der Waals surface area contributed by atoms with E-state index in [1.165, 1.54) is 13.0 Å². The first kappa shape index (κ1) is 9.58. The number of ketones is 1. The summed E-state index contributed by atoms with van der Waals surface area (Å²) >= 11 is 0. The number of rotatable bonds is 2. The Morgan fingerprint density at radius 2 is 2.00 bits per heavy atom. The van der Waals surface area contributed by atoms with Crippen molar-refractivity contribution in [3.05, 3.63) is 23.3 Å². The van der Waals surface area contributed by atoms with Crippen molar-refractivity contribution < 1.29 is 15.0 Å². The van der Waals surface area contributed by atoms with Crippen LogP contribution in [0.5, 0.6) is 11.5 Å². The van der Waals surface area contributed by atoms with Gasteiger partial charge in [-0.05, 0) is 19.9 Å². The molecule has 0 unspecified atom stereocenters. The van der Waals surface area contributed by atoms with E-state index < -0.39 is 0 Å². The Morgan fingerprint density at radius 1 is 1.38 bits per heavy atom. The maximum Gasteiger partial charge on any atom is 0.134 e. The van der Waals surface area contributed by atoms with Gasteiger partial charge in [0.2, 0.25) is 0 Å². The Hall–Kier alpha value is -1.51. The first-order valence-corrected chi connectivity index (χ1v) is 4.02. The van der Waals surface area contributed by atoms with Crippen LogP contribution in [0.15, 0.2) is 12.1 Å². The molecule has 0 spiro atoms. The van der Waals surface area contributed by atoms with Gasteiger partial charge in [0.15, 0.2) is 0 Å².